The van der Waals surface area contributed by atoms with Crippen LogP contribution in [0.5, 0.6) is 0 Å². The lowest BCUT2D eigenvalue weighted by molar-refractivity contribution is 0.400. The van der Waals surface area contributed by atoms with E-state index in [1.54, 1.807) is 18.5 Å². The zero-order valence-electron chi connectivity index (χ0n) is 16.0. The van der Waals surface area contributed by atoms with Gasteiger partial charge in [-0.1, -0.05) is 6.58 Å². The summed E-state index contributed by atoms with van der Waals surface area (Å²) in [5, 5.41) is 16.9. The molecule has 3 aliphatic rings. The van der Waals surface area contributed by atoms with E-state index in [9.17, 15) is 0 Å². The largest absolute Gasteiger partial charge is 0.365 e. The number of allylic oxidation sites excluding steroid dienone is 1. The molecule has 0 atom stereocenters. The highest BCUT2D eigenvalue weighted by molar-refractivity contribution is 6.12. The fourth-order valence-electron chi connectivity index (χ4n) is 5.16. The van der Waals surface area contributed by atoms with Crippen molar-refractivity contribution >= 4 is 29.4 Å². The Labute approximate surface area is 168 Å². The molecule has 1 aliphatic heterocycles. The third-order valence-corrected chi connectivity index (χ3v) is 6.51. The lowest BCUT2D eigenvalue weighted by Crippen LogP contribution is -2.43. The molecule has 2 aromatic heterocycles. The van der Waals surface area contributed by atoms with Gasteiger partial charge in [-0.15, -0.1) is 0 Å². The number of nitrogens with zero attached hydrogens (tertiary/aromatic N) is 5. The number of hydrazone groups is 1. The highest BCUT2D eigenvalue weighted by atomic mass is 15.3. The van der Waals surface area contributed by atoms with Crippen LogP contribution in [0.1, 0.15) is 37.7 Å². The Balaban J connectivity index is 1.43. The van der Waals surface area contributed by atoms with E-state index in [0.717, 1.165) is 61.0 Å². The summed E-state index contributed by atoms with van der Waals surface area (Å²) < 4.78 is 0. The number of hydrogen-bond acceptors (Lipinski definition) is 6. The van der Waals surface area contributed by atoms with Crippen LogP contribution in [0, 0.1) is 16.7 Å². The Morgan fingerprint density at radius 2 is 2.14 bits per heavy atom. The van der Waals surface area contributed by atoms with Crippen molar-refractivity contribution in [2.75, 3.05) is 10.2 Å². The Kier molecular flexibility index (Phi) is 3.74. The average molecular weight is 386 g/mol. The summed E-state index contributed by atoms with van der Waals surface area (Å²) in [7, 11) is 0. The number of pyridine rings is 1. The summed E-state index contributed by atoms with van der Waals surface area (Å²) in [6.45, 7) is 4.17. The van der Waals surface area contributed by atoms with Crippen molar-refractivity contribution in [1.82, 2.24) is 9.97 Å². The standard InChI is InChI=1S/C21H22N8/c1-14-11-26-18-16(4-9-24-18)29(14)19(28-23)20-5-7-21(13-20,8-6-20)27-17-3-2-15(10-22)12-25-17/h2-4,9,11-12,24H,1,5-8,13,23H2,(H,25,27)/b28-19-. The summed E-state index contributed by atoms with van der Waals surface area (Å²) in [5.74, 6) is 8.41. The zero-order valence-corrected chi connectivity index (χ0v) is 16.0. The van der Waals surface area contributed by atoms with Gasteiger partial charge in [0.05, 0.1) is 23.2 Å². The molecule has 2 aliphatic carbocycles. The first-order chi connectivity index (χ1) is 14.1. The maximum Gasteiger partial charge on any atom is 0.154 e. The predicted octanol–water partition coefficient (Wildman–Crippen LogP) is 3.40. The van der Waals surface area contributed by atoms with E-state index < -0.39 is 0 Å². The van der Waals surface area contributed by atoms with E-state index >= 15 is 0 Å². The molecule has 8 heteroatoms. The summed E-state index contributed by atoms with van der Waals surface area (Å²) >= 11 is 0. The van der Waals surface area contributed by atoms with E-state index in [0.29, 0.717) is 5.56 Å². The molecule has 0 radical (unpaired) electrons. The first kappa shape index (κ1) is 17.5. The van der Waals surface area contributed by atoms with Gasteiger partial charge in [0.2, 0.25) is 0 Å². The van der Waals surface area contributed by atoms with E-state index in [1.165, 1.54) is 0 Å². The Bertz CT molecular complexity index is 1060. The number of aliphatic imine (C=N–C) groups is 1. The van der Waals surface area contributed by atoms with Gasteiger partial charge in [-0.05, 0) is 50.3 Å². The molecule has 4 N–H and O–H groups in total. The number of nitrogens with one attached hydrogen (secondary N) is 2. The molecule has 8 nitrogen and oxygen atoms in total. The minimum Gasteiger partial charge on any atom is -0.365 e. The van der Waals surface area contributed by atoms with Gasteiger partial charge in [0, 0.05) is 23.3 Å². The molecule has 2 bridgehead atoms. The SMILES string of the molecule is C=C1C=Nc2[nH]ccc2N1/C(=N\N)C12CCC(Nc3ccc(C#N)cn3)(CC1)C2. The molecule has 0 saturated heterocycles. The number of amidine groups is 1. The normalized spacial score (nSPS) is 27.8. The number of aromatic nitrogens is 2. The molecule has 0 amide bonds. The van der Waals surface area contributed by atoms with Crippen molar-refractivity contribution in [3.63, 3.8) is 0 Å². The second kappa shape index (κ2) is 6.21. The van der Waals surface area contributed by atoms with Crippen LogP contribution < -0.4 is 16.1 Å². The van der Waals surface area contributed by atoms with E-state index in [2.05, 4.69) is 38.0 Å². The van der Waals surface area contributed by atoms with Gasteiger partial charge in [0.1, 0.15) is 17.7 Å². The molecule has 2 aromatic rings. The van der Waals surface area contributed by atoms with Gasteiger partial charge in [0.15, 0.2) is 5.82 Å². The lowest BCUT2D eigenvalue weighted by atomic mass is 9.81. The number of nitriles is 1. The summed E-state index contributed by atoms with van der Waals surface area (Å²) in [6.07, 6.45) is 10.2. The minimum atomic E-state index is -0.114. The first-order valence-corrected chi connectivity index (χ1v) is 9.71. The van der Waals surface area contributed by atoms with Crippen molar-refractivity contribution in [2.24, 2.45) is 21.4 Å². The van der Waals surface area contributed by atoms with Crippen molar-refractivity contribution in [3.05, 3.63) is 48.4 Å². The highest BCUT2D eigenvalue weighted by Gasteiger charge is 2.58. The average Bonchev–Trinajstić information content (AvgIpc) is 3.44. The number of aromatic amines is 1. The first-order valence-electron chi connectivity index (χ1n) is 9.71. The molecule has 0 spiro atoms. The fourth-order valence-corrected chi connectivity index (χ4v) is 5.16. The Morgan fingerprint density at radius 3 is 2.83 bits per heavy atom. The van der Waals surface area contributed by atoms with Crippen LogP contribution in [0.25, 0.3) is 0 Å². The molecule has 2 fully saturated rings. The number of anilines is 2. The lowest BCUT2D eigenvalue weighted by Gasteiger charge is -2.37. The van der Waals surface area contributed by atoms with Crippen molar-refractivity contribution in [2.45, 2.75) is 37.6 Å². The fraction of sp³-hybridized carbons (Fsp3) is 0.333. The summed E-state index contributed by atoms with van der Waals surface area (Å²) in [4.78, 5) is 14.0. The van der Waals surface area contributed by atoms with Crippen molar-refractivity contribution in [1.29, 1.82) is 5.26 Å². The third kappa shape index (κ3) is 2.62. The zero-order chi connectivity index (χ0) is 20.1. The van der Waals surface area contributed by atoms with Crippen molar-refractivity contribution < 1.29 is 0 Å². The van der Waals surface area contributed by atoms with E-state index in [1.807, 2.05) is 23.2 Å². The molecule has 0 unspecified atom stereocenters. The maximum absolute atomic E-state index is 8.98. The quantitative estimate of drug-likeness (QED) is 0.323. The molecule has 2 saturated carbocycles. The van der Waals surface area contributed by atoms with Crippen LogP contribution in [-0.2, 0) is 0 Å². The molecule has 0 aromatic carbocycles. The van der Waals surface area contributed by atoms with Gasteiger partial charge in [-0.2, -0.15) is 10.4 Å². The van der Waals surface area contributed by atoms with E-state index in [4.69, 9.17) is 11.1 Å². The topological polar surface area (TPSA) is 118 Å². The minimum absolute atomic E-state index is 0.0384. The Morgan fingerprint density at radius 1 is 1.31 bits per heavy atom. The van der Waals surface area contributed by atoms with Gasteiger partial charge in [0.25, 0.3) is 0 Å². The van der Waals surface area contributed by atoms with Crippen LogP contribution in [-0.4, -0.2) is 27.6 Å². The number of rotatable bonds is 3. The highest BCUT2D eigenvalue weighted by Crippen LogP contribution is 2.59. The van der Waals surface area contributed by atoms with Gasteiger partial charge < -0.3 is 16.1 Å². The maximum atomic E-state index is 8.98. The molecule has 3 heterocycles. The van der Waals surface area contributed by atoms with E-state index in [-0.39, 0.29) is 11.0 Å². The Hall–Kier alpha value is -3.60. The van der Waals surface area contributed by atoms with Crippen LogP contribution in [0.2, 0.25) is 0 Å². The van der Waals surface area contributed by atoms with Crippen LogP contribution in [0.15, 0.2) is 53.0 Å². The summed E-state index contributed by atoms with van der Waals surface area (Å²) in [6, 6.07) is 7.75. The summed E-state index contributed by atoms with van der Waals surface area (Å²) in [5.41, 5.74) is 2.11. The second-order valence-corrected chi connectivity index (χ2v) is 8.16. The monoisotopic (exact) mass is 386 g/mol. The number of nitrogens with two attached hydrogens (primary N) is 1. The predicted molar refractivity (Wildman–Crippen MR) is 113 cm³/mol. The van der Waals surface area contributed by atoms with Gasteiger partial charge in [-0.3, -0.25) is 4.90 Å². The third-order valence-electron chi connectivity index (χ3n) is 6.51. The molecule has 5 rings (SSSR count). The molecular formula is C21H22N8. The van der Waals surface area contributed by atoms with Crippen LogP contribution in [0.3, 0.4) is 0 Å². The molecule has 146 valence electrons. The van der Waals surface area contributed by atoms with Gasteiger partial charge >= 0.3 is 0 Å². The van der Waals surface area contributed by atoms with Crippen LogP contribution >= 0.6 is 0 Å². The van der Waals surface area contributed by atoms with Crippen LogP contribution in [0.4, 0.5) is 17.3 Å². The number of H-pyrrole nitrogens is 1. The van der Waals surface area contributed by atoms with Gasteiger partial charge in [-0.25, -0.2) is 9.98 Å². The molecule has 29 heavy (non-hydrogen) atoms. The number of hydrogen-bond donors (Lipinski definition) is 3. The molecular weight excluding hydrogens is 364 g/mol. The second-order valence-electron chi connectivity index (χ2n) is 8.16. The smallest absolute Gasteiger partial charge is 0.154 e. The van der Waals surface area contributed by atoms with Crippen molar-refractivity contribution in [3.8, 4) is 6.07 Å². The number of fused-ring (bicyclic) bond motifs is 3.